The minimum absolute atomic E-state index is 0.283. The van der Waals surface area contributed by atoms with Crippen LogP contribution in [0.3, 0.4) is 0 Å². The first kappa shape index (κ1) is 11.9. The van der Waals surface area contributed by atoms with Crippen molar-refractivity contribution < 1.29 is 14.6 Å². The molecule has 1 atom stereocenters. The third kappa shape index (κ3) is 2.13. The smallest absolute Gasteiger partial charge is 0.339 e. The fraction of sp³-hybridized carbons (Fsp3) is 0.462. The summed E-state index contributed by atoms with van der Waals surface area (Å²) < 4.78 is 4.84. The lowest BCUT2D eigenvalue weighted by atomic mass is 10.0. The maximum Gasteiger partial charge on any atom is 0.339 e. The van der Waals surface area contributed by atoms with Crippen molar-refractivity contribution in [1.82, 2.24) is 0 Å². The number of anilines is 1. The molecule has 92 valence electrons. The average molecular weight is 235 g/mol. The lowest BCUT2D eigenvalue weighted by Crippen LogP contribution is -2.16. The number of esters is 1. The highest BCUT2D eigenvalue weighted by molar-refractivity contribution is 5.78. The van der Waals surface area contributed by atoms with Crippen molar-refractivity contribution in [2.24, 2.45) is 0 Å². The topological polar surface area (TPSA) is 49.8 Å². The van der Waals surface area contributed by atoms with Crippen molar-refractivity contribution >= 4 is 11.7 Å². The summed E-state index contributed by atoms with van der Waals surface area (Å²) in [4.78, 5) is 13.7. The largest absolute Gasteiger partial charge is 0.464 e. The van der Waals surface area contributed by atoms with Crippen molar-refractivity contribution in [2.75, 3.05) is 25.1 Å². The third-order valence-electron chi connectivity index (χ3n) is 3.10. The summed E-state index contributed by atoms with van der Waals surface area (Å²) in [6.45, 7) is 2.93. The molecule has 17 heavy (non-hydrogen) atoms. The number of aliphatic hydroxyl groups is 1. The molecule has 0 radical (unpaired) electrons. The lowest BCUT2D eigenvalue weighted by Gasteiger charge is -2.15. The Balaban J connectivity index is 2.31. The lowest BCUT2D eigenvalue weighted by molar-refractivity contribution is -0.153. The van der Waals surface area contributed by atoms with E-state index in [1.807, 2.05) is 19.2 Å². The number of ether oxygens (including phenoxy) is 1. The van der Waals surface area contributed by atoms with Gasteiger partial charge in [-0.25, -0.2) is 4.79 Å². The average Bonchev–Trinajstić information content (AvgIpc) is 2.71. The number of likely N-dealkylation sites (N-methyl/N-ethyl adjacent to an activating group) is 1. The molecule has 0 fully saturated rings. The van der Waals surface area contributed by atoms with Gasteiger partial charge in [0.05, 0.1) is 6.61 Å². The molecular formula is C13H17NO3. The van der Waals surface area contributed by atoms with Gasteiger partial charge in [-0.3, -0.25) is 0 Å². The number of benzene rings is 1. The molecule has 0 aromatic heterocycles. The minimum Gasteiger partial charge on any atom is -0.464 e. The van der Waals surface area contributed by atoms with E-state index >= 15 is 0 Å². The molecule has 1 aliphatic rings. The Morgan fingerprint density at radius 1 is 1.59 bits per heavy atom. The molecule has 0 spiro atoms. The van der Waals surface area contributed by atoms with Crippen molar-refractivity contribution in [2.45, 2.75) is 19.4 Å². The summed E-state index contributed by atoms with van der Waals surface area (Å²) in [7, 11) is 2.01. The van der Waals surface area contributed by atoms with Gasteiger partial charge in [-0.05, 0) is 30.5 Å². The molecule has 1 aromatic rings. The SMILES string of the molecule is CCOC(=O)C(O)c1cccc2c1CCN2C. The first-order chi connectivity index (χ1) is 8.15. The number of aliphatic hydroxyl groups excluding tert-OH is 1. The molecule has 1 aliphatic heterocycles. The molecule has 4 heteroatoms. The summed E-state index contributed by atoms with van der Waals surface area (Å²) in [5, 5.41) is 9.98. The predicted octanol–water partition coefficient (Wildman–Crippen LogP) is 1.28. The number of rotatable bonds is 3. The quantitative estimate of drug-likeness (QED) is 0.802. The molecule has 1 aromatic carbocycles. The molecule has 1 unspecified atom stereocenters. The van der Waals surface area contributed by atoms with Crippen LogP contribution < -0.4 is 4.90 Å². The molecule has 0 aliphatic carbocycles. The Labute approximate surface area is 101 Å². The van der Waals surface area contributed by atoms with Crippen molar-refractivity contribution in [3.8, 4) is 0 Å². The number of fused-ring (bicyclic) bond motifs is 1. The number of hydrogen-bond donors (Lipinski definition) is 1. The van der Waals surface area contributed by atoms with Crippen LogP contribution in [0.15, 0.2) is 18.2 Å². The van der Waals surface area contributed by atoms with E-state index in [-0.39, 0.29) is 6.61 Å². The summed E-state index contributed by atoms with van der Waals surface area (Å²) in [5.74, 6) is -0.574. The van der Waals surface area contributed by atoms with Crippen LogP contribution in [0.1, 0.15) is 24.2 Å². The van der Waals surface area contributed by atoms with Crippen molar-refractivity contribution in [3.05, 3.63) is 29.3 Å². The molecular weight excluding hydrogens is 218 g/mol. The first-order valence-electron chi connectivity index (χ1n) is 5.82. The zero-order valence-corrected chi connectivity index (χ0v) is 10.1. The van der Waals surface area contributed by atoms with Gasteiger partial charge in [-0.1, -0.05) is 12.1 Å². The molecule has 1 N–H and O–H groups in total. The summed E-state index contributed by atoms with van der Waals surface area (Å²) in [5.41, 5.74) is 2.81. The van der Waals surface area contributed by atoms with Crippen LogP contribution in [0.2, 0.25) is 0 Å². The monoisotopic (exact) mass is 235 g/mol. The zero-order chi connectivity index (χ0) is 12.4. The van der Waals surface area contributed by atoms with E-state index in [1.165, 1.54) is 0 Å². The van der Waals surface area contributed by atoms with E-state index in [4.69, 9.17) is 4.74 Å². The van der Waals surface area contributed by atoms with E-state index in [0.717, 1.165) is 24.2 Å². The Hall–Kier alpha value is -1.55. The molecule has 4 nitrogen and oxygen atoms in total. The highest BCUT2D eigenvalue weighted by atomic mass is 16.5. The van der Waals surface area contributed by atoms with Gasteiger partial charge in [0, 0.05) is 19.3 Å². The fourth-order valence-electron chi connectivity index (χ4n) is 2.23. The predicted molar refractivity (Wildman–Crippen MR) is 65.0 cm³/mol. The van der Waals surface area contributed by atoms with Crippen LogP contribution in [0.4, 0.5) is 5.69 Å². The third-order valence-corrected chi connectivity index (χ3v) is 3.10. The van der Waals surface area contributed by atoms with Crippen molar-refractivity contribution in [3.63, 3.8) is 0 Å². The van der Waals surface area contributed by atoms with Gasteiger partial charge in [-0.2, -0.15) is 0 Å². The molecule has 0 bridgehead atoms. The maximum absolute atomic E-state index is 11.5. The van der Waals surface area contributed by atoms with Crippen LogP contribution >= 0.6 is 0 Å². The second-order valence-corrected chi connectivity index (χ2v) is 4.17. The normalized spacial score (nSPS) is 15.6. The van der Waals surface area contributed by atoms with Crippen LogP contribution in [0.5, 0.6) is 0 Å². The van der Waals surface area contributed by atoms with E-state index in [2.05, 4.69) is 4.90 Å². The molecule has 0 amide bonds. The Bertz CT molecular complexity index is 431. The Morgan fingerprint density at radius 2 is 2.35 bits per heavy atom. The summed E-state index contributed by atoms with van der Waals surface area (Å²) in [6.07, 6.45) is -0.310. The highest BCUT2D eigenvalue weighted by Crippen LogP contribution is 2.32. The van der Waals surface area contributed by atoms with Gasteiger partial charge < -0.3 is 14.7 Å². The Kier molecular flexibility index (Phi) is 3.33. The van der Waals surface area contributed by atoms with Crippen LogP contribution in [-0.2, 0) is 16.0 Å². The Morgan fingerprint density at radius 3 is 3.06 bits per heavy atom. The summed E-state index contributed by atoms with van der Waals surface area (Å²) >= 11 is 0. The van der Waals surface area contributed by atoms with Crippen LogP contribution in [0.25, 0.3) is 0 Å². The highest BCUT2D eigenvalue weighted by Gasteiger charge is 2.26. The van der Waals surface area contributed by atoms with Crippen molar-refractivity contribution in [1.29, 1.82) is 0 Å². The van der Waals surface area contributed by atoms with Gasteiger partial charge in [0.15, 0.2) is 6.10 Å². The van der Waals surface area contributed by atoms with Gasteiger partial charge in [0.25, 0.3) is 0 Å². The van der Waals surface area contributed by atoms with E-state index < -0.39 is 12.1 Å². The van der Waals surface area contributed by atoms with E-state index in [9.17, 15) is 9.90 Å². The first-order valence-corrected chi connectivity index (χ1v) is 5.82. The number of carbonyl (C=O) groups excluding carboxylic acids is 1. The van der Waals surface area contributed by atoms with Gasteiger partial charge in [0.2, 0.25) is 0 Å². The van der Waals surface area contributed by atoms with E-state index in [0.29, 0.717) is 5.56 Å². The second-order valence-electron chi connectivity index (χ2n) is 4.17. The minimum atomic E-state index is -1.17. The van der Waals surface area contributed by atoms with Crippen LogP contribution in [0, 0.1) is 0 Å². The number of carbonyl (C=O) groups is 1. The second kappa shape index (κ2) is 4.75. The van der Waals surface area contributed by atoms with Gasteiger partial charge in [0.1, 0.15) is 0 Å². The van der Waals surface area contributed by atoms with Crippen LogP contribution in [-0.4, -0.2) is 31.3 Å². The van der Waals surface area contributed by atoms with Gasteiger partial charge >= 0.3 is 5.97 Å². The zero-order valence-electron chi connectivity index (χ0n) is 10.1. The number of hydrogen-bond acceptors (Lipinski definition) is 4. The molecule has 1 heterocycles. The standard InChI is InChI=1S/C13H17NO3/c1-3-17-13(16)12(15)10-5-4-6-11-9(10)7-8-14(11)2/h4-6,12,15H,3,7-8H2,1-2H3. The fourth-order valence-corrected chi connectivity index (χ4v) is 2.23. The van der Waals surface area contributed by atoms with E-state index in [1.54, 1.807) is 13.0 Å². The molecule has 0 saturated heterocycles. The number of nitrogens with zero attached hydrogens (tertiary/aromatic N) is 1. The molecule has 2 rings (SSSR count). The maximum atomic E-state index is 11.5. The van der Waals surface area contributed by atoms with Gasteiger partial charge in [-0.15, -0.1) is 0 Å². The molecule has 0 saturated carbocycles. The summed E-state index contributed by atoms with van der Waals surface area (Å²) in [6, 6.07) is 5.65.